The molecule has 1 aromatic rings. The van der Waals surface area contributed by atoms with Crippen molar-refractivity contribution >= 4 is 11.8 Å². The largest absolute Gasteiger partial charge is 0.490 e. The van der Waals surface area contributed by atoms with Gasteiger partial charge in [0.2, 0.25) is 0 Å². The lowest BCUT2D eigenvalue weighted by Crippen LogP contribution is -2.36. The van der Waals surface area contributed by atoms with Gasteiger partial charge in [-0.3, -0.25) is 0 Å². The van der Waals surface area contributed by atoms with E-state index in [1.807, 2.05) is 0 Å². The molecule has 0 saturated heterocycles. The Balaban J connectivity index is 2.13. The number of methoxy groups -OCH3 is 1. The van der Waals surface area contributed by atoms with Crippen molar-refractivity contribution < 1.29 is 9.47 Å². The van der Waals surface area contributed by atoms with E-state index in [0.29, 0.717) is 0 Å². The van der Waals surface area contributed by atoms with Crippen LogP contribution in [0.5, 0.6) is 5.75 Å². The van der Waals surface area contributed by atoms with Gasteiger partial charge in [-0.2, -0.15) is 0 Å². The Morgan fingerprint density at radius 2 is 2.17 bits per heavy atom. The van der Waals surface area contributed by atoms with Gasteiger partial charge in [0.1, 0.15) is 12.4 Å². The van der Waals surface area contributed by atoms with Crippen molar-refractivity contribution in [3.05, 3.63) is 28.3 Å². The first-order chi connectivity index (χ1) is 11.2. The van der Waals surface area contributed by atoms with Gasteiger partial charge in [0.25, 0.3) is 0 Å². The molecular weight excluding hydrogens is 288 g/mol. The molecule has 0 spiro atoms. The minimum absolute atomic E-state index is 0.742. The number of hydrogen-bond donors (Lipinski definition) is 1. The minimum Gasteiger partial charge on any atom is -0.490 e. The second-order valence-electron chi connectivity index (χ2n) is 6.57. The van der Waals surface area contributed by atoms with Crippen LogP contribution in [0, 0.1) is 0 Å². The summed E-state index contributed by atoms with van der Waals surface area (Å²) in [5.41, 5.74) is 6.87. The molecule has 4 nitrogen and oxygen atoms in total. The third kappa shape index (κ3) is 3.54. The molecule has 0 bridgehead atoms. The van der Waals surface area contributed by atoms with E-state index in [1.165, 1.54) is 28.0 Å². The summed E-state index contributed by atoms with van der Waals surface area (Å²) in [6.07, 6.45) is 4.49. The summed E-state index contributed by atoms with van der Waals surface area (Å²) in [5.74, 6) is 1.04. The number of allylic oxidation sites excluding steroid dienone is 1. The highest BCUT2D eigenvalue weighted by Gasteiger charge is 2.25. The van der Waals surface area contributed by atoms with Crippen LogP contribution in [-0.2, 0) is 17.6 Å². The smallest absolute Gasteiger partial charge is 0.143 e. The lowest BCUT2D eigenvalue weighted by molar-refractivity contribution is 0.201. The summed E-state index contributed by atoms with van der Waals surface area (Å²) in [6, 6.07) is 2.28. The molecule has 2 heterocycles. The average molecular weight is 316 g/mol. The van der Waals surface area contributed by atoms with E-state index in [0.717, 1.165) is 58.0 Å². The monoisotopic (exact) mass is 316 g/mol. The molecule has 0 radical (unpaired) electrons. The maximum absolute atomic E-state index is 6.03. The van der Waals surface area contributed by atoms with Crippen LogP contribution in [-0.4, -0.2) is 46.5 Å². The molecule has 0 saturated carbocycles. The number of nitrogens with zero attached hydrogens (tertiary/aromatic N) is 1. The molecule has 3 rings (SSSR count). The molecule has 2 aliphatic rings. The van der Waals surface area contributed by atoms with Crippen molar-refractivity contribution in [1.29, 1.82) is 0 Å². The van der Waals surface area contributed by atoms with Crippen LogP contribution in [0.25, 0.3) is 6.08 Å². The molecule has 23 heavy (non-hydrogen) atoms. The van der Waals surface area contributed by atoms with Crippen molar-refractivity contribution in [3.8, 4) is 5.75 Å². The van der Waals surface area contributed by atoms with Crippen molar-refractivity contribution in [2.75, 3.05) is 51.4 Å². The Morgan fingerprint density at radius 1 is 1.35 bits per heavy atom. The number of ether oxygens (including phenoxy) is 2. The van der Waals surface area contributed by atoms with Gasteiger partial charge in [-0.15, -0.1) is 0 Å². The summed E-state index contributed by atoms with van der Waals surface area (Å²) in [7, 11) is 1.76. The second-order valence-corrected chi connectivity index (χ2v) is 6.57. The topological polar surface area (TPSA) is 33.7 Å². The third-order valence-corrected chi connectivity index (χ3v) is 4.56. The van der Waals surface area contributed by atoms with E-state index in [9.17, 15) is 0 Å². The van der Waals surface area contributed by atoms with Crippen LogP contribution < -0.4 is 15.0 Å². The minimum atomic E-state index is 0.742. The number of hydrogen-bond acceptors (Lipinski definition) is 4. The fraction of sp³-hybridized carbons (Fsp3) is 0.579. The highest BCUT2D eigenvalue weighted by atomic mass is 16.5. The first-order valence-corrected chi connectivity index (χ1v) is 8.61. The molecule has 0 aromatic heterocycles. The zero-order chi connectivity index (χ0) is 16.2. The molecule has 0 unspecified atom stereocenters. The van der Waals surface area contributed by atoms with E-state index in [1.54, 1.807) is 7.11 Å². The van der Waals surface area contributed by atoms with Gasteiger partial charge < -0.3 is 19.7 Å². The highest BCUT2D eigenvalue weighted by molar-refractivity contribution is 5.79. The maximum atomic E-state index is 6.03. The predicted octanol–water partition coefficient (Wildman–Crippen LogP) is 2.64. The number of nitrogens with one attached hydrogen (secondary N) is 1. The predicted molar refractivity (Wildman–Crippen MR) is 95.6 cm³/mol. The van der Waals surface area contributed by atoms with Crippen LogP contribution in [0.4, 0.5) is 5.69 Å². The third-order valence-electron chi connectivity index (χ3n) is 4.56. The number of benzene rings is 1. The van der Waals surface area contributed by atoms with Crippen molar-refractivity contribution in [3.63, 3.8) is 0 Å². The van der Waals surface area contributed by atoms with E-state index in [-0.39, 0.29) is 0 Å². The van der Waals surface area contributed by atoms with Gasteiger partial charge in [-0.05, 0) is 57.0 Å². The van der Waals surface area contributed by atoms with E-state index in [4.69, 9.17) is 9.47 Å². The molecule has 126 valence electrons. The molecule has 1 aromatic carbocycles. The molecule has 0 amide bonds. The summed E-state index contributed by atoms with van der Waals surface area (Å²) >= 11 is 0. The Morgan fingerprint density at radius 3 is 2.96 bits per heavy atom. The lowest BCUT2D eigenvalue weighted by Gasteiger charge is -2.34. The standard InChI is InChI=1S/C19H28N2O2/c1-14(2)12-17-16-5-7-20-6-4-15(16)13-18-19(17)21(8-10-22-3)9-11-23-18/h12-13,20H,4-11H2,1-3H3. The van der Waals surface area contributed by atoms with Gasteiger partial charge in [0.15, 0.2) is 0 Å². The molecule has 0 atom stereocenters. The summed E-state index contributed by atoms with van der Waals surface area (Å²) in [5, 5.41) is 3.52. The molecule has 0 fully saturated rings. The quantitative estimate of drug-likeness (QED) is 0.926. The van der Waals surface area contributed by atoms with Crippen LogP contribution >= 0.6 is 0 Å². The van der Waals surface area contributed by atoms with Crippen LogP contribution in [0.1, 0.15) is 30.5 Å². The van der Waals surface area contributed by atoms with Gasteiger partial charge in [0.05, 0.1) is 18.8 Å². The van der Waals surface area contributed by atoms with Crippen molar-refractivity contribution in [1.82, 2.24) is 5.32 Å². The Hall–Kier alpha value is -1.52. The van der Waals surface area contributed by atoms with Gasteiger partial charge in [-0.25, -0.2) is 0 Å². The maximum Gasteiger partial charge on any atom is 0.143 e. The first-order valence-electron chi connectivity index (χ1n) is 8.61. The van der Waals surface area contributed by atoms with E-state index < -0.39 is 0 Å². The van der Waals surface area contributed by atoms with Crippen molar-refractivity contribution in [2.24, 2.45) is 0 Å². The second kappa shape index (κ2) is 7.37. The molecule has 0 aliphatic carbocycles. The fourth-order valence-electron chi connectivity index (χ4n) is 3.53. The van der Waals surface area contributed by atoms with Crippen molar-refractivity contribution in [2.45, 2.75) is 26.7 Å². The summed E-state index contributed by atoms with van der Waals surface area (Å²) < 4.78 is 11.3. The van der Waals surface area contributed by atoms with Crippen LogP contribution in [0.15, 0.2) is 11.6 Å². The van der Waals surface area contributed by atoms with Crippen LogP contribution in [0.3, 0.4) is 0 Å². The van der Waals surface area contributed by atoms with Gasteiger partial charge >= 0.3 is 0 Å². The van der Waals surface area contributed by atoms with E-state index in [2.05, 4.69) is 36.2 Å². The summed E-state index contributed by atoms with van der Waals surface area (Å²) in [4.78, 5) is 2.43. The normalized spacial score (nSPS) is 16.9. The first kappa shape index (κ1) is 16.3. The summed E-state index contributed by atoms with van der Waals surface area (Å²) in [6.45, 7) is 9.77. The zero-order valence-corrected chi connectivity index (χ0v) is 14.6. The Labute approximate surface area is 139 Å². The Kier molecular flexibility index (Phi) is 5.23. The molecular formula is C19H28N2O2. The number of rotatable bonds is 4. The lowest BCUT2D eigenvalue weighted by atomic mass is 9.92. The van der Waals surface area contributed by atoms with Gasteiger partial charge in [-0.1, -0.05) is 11.6 Å². The molecule has 1 N–H and O–H groups in total. The van der Waals surface area contributed by atoms with Crippen LogP contribution in [0.2, 0.25) is 0 Å². The molecule has 4 heteroatoms. The zero-order valence-electron chi connectivity index (χ0n) is 14.6. The average Bonchev–Trinajstić information content (AvgIpc) is 2.77. The fourth-order valence-corrected chi connectivity index (χ4v) is 3.53. The molecule has 2 aliphatic heterocycles. The van der Waals surface area contributed by atoms with E-state index >= 15 is 0 Å². The number of anilines is 1. The number of fused-ring (bicyclic) bond motifs is 2. The SMILES string of the molecule is COCCN1CCOc2cc3c(c(C=C(C)C)c21)CCNCC3. The highest BCUT2D eigenvalue weighted by Crippen LogP contribution is 2.41. The Bertz CT molecular complexity index is 592. The van der Waals surface area contributed by atoms with Gasteiger partial charge in [0, 0.05) is 19.2 Å².